The molecule has 0 fully saturated rings. The van der Waals surface area contributed by atoms with E-state index in [1.807, 2.05) is 48.5 Å². The number of rotatable bonds is 7. The molecule has 2 rings (SSSR count). The number of hydrogen-bond acceptors (Lipinski definition) is 2. The first-order valence-electron chi connectivity index (χ1n) is 7.21. The lowest BCUT2D eigenvalue weighted by Gasteiger charge is -2.05. The third-order valence-corrected chi connectivity index (χ3v) is 4.42. The molecule has 21 heavy (non-hydrogen) atoms. The molecule has 1 N–H and O–H groups in total. The Labute approximate surface area is 129 Å². The van der Waals surface area contributed by atoms with Crippen molar-refractivity contribution in [3.8, 4) is 0 Å². The highest BCUT2D eigenvalue weighted by atomic mass is 32.2. The number of fused-ring (bicyclic) bond motifs is 1. The summed E-state index contributed by atoms with van der Waals surface area (Å²) in [4.78, 5) is 11.4. The third-order valence-electron chi connectivity index (χ3n) is 3.33. The summed E-state index contributed by atoms with van der Waals surface area (Å²) in [6.07, 6.45) is 4.08. The summed E-state index contributed by atoms with van der Waals surface area (Å²) in [6.45, 7) is 2.14. The van der Waals surface area contributed by atoms with Crippen molar-refractivity contribution in [1.29, 1.82) is 0 Å². The van der Waals surface area contributed by atoms with Crippen LogP contribution in [-0.4, -0.2) is 22.6 Å². The van der Waals surface area contributed by atoms with Crippen LogP contribution in [0.2, 0.25) is 0 Å². The minimum atomic E-state index is -0.827. The topological polar surface area (TPSA) is 37.3 Å². The van der Waals surface area contributed by atoms with E-state index in [1.54, 1.807) is 11.8 Å². The number of benzene rings is 2. The molecule has 0 atom stereocenters. The Morgan fingerprint density at radius 2 is 1.95 bits per heavy atom. The summed E-state index contributed by atoms with van der Waals surface area (Å²) >= 11 is 1.69. The van der Waals surface area contributed by atoms with Crippen molar-refractivity contribution < 1.29 is 9.90 Å². The zero-order valence-electron chi connectivity index (χ0n) is 12.2. The molecule has 2 nitrogen and oxygen atoms in total. The first kappa shape index (κ1) is 15.6. The Balaban J connectivity index is 2.25. The molecule has 0 saturated carbocycles. The van der Waals surface area contributed by atoms with Crippen LogP contribution in [0, 0.1) is 0 Å². The highest BCUT2D eigenvalue weighted by molar-refractivity contribution is 7.99. The second-order valence-electron chi connectivity index (χ2n) is 4.95. The third kappa shape index (κ3) is 4.36. The largest absolute Gasteiger partial charge is 0.478 e. The van der Waals surface area contributed by atoms with Crippen molar-refractivity contribution >= 4 is 34.6 Å². The maximum Gasteiger partial charge on any atom is 0.332 e. The predicted molar refractivity (Wildman–Crippen MR) is 91.8 cm³/mol. The van der Waals surface area contributed by atoms with Crippen LogP contribution in [0.1, 0.15) is 25.3 Å². The molecular weight excluding hydrogens is 280 g/mol. The van der Waals surface area contributed by atoms with Crippen molar-refractivity contribution in [2.45, 2.75) is 19.8 Å². The molecule has 3 heteroatoms. The smallest absolute Gasteiger partial charge is 0.332 e. The van der Waals surface area contributed by atoms with E-state index in [0.29, 0.717) is 11.3 Å². The minimum Gasteiger partial charge on any atom is -0.478 e. The number of aliphatic carboxylic acids is 1. The van der Waals surface area contributed by atoms with E-state index in [4.69, 9.17) is 0 Å². The Morgan fingerprint density at radius 3 is 2.71 bits per heavy atom. The molecule has 110 valence electrons. The van der Waals surface area contributed by atoms with E-state index >= 15 is 0 Å². The second kappa shape index (κ2) is 7.89. The number of carbonyl (C=O) groups is 1. The molecule has 0 aliphatic carbocycles. The SMILES string of the molecule is CCCCSCC(=Cc1cccc2ccccc12)C(=O)O. The number of unbranched alkanes of at least 4 members (excludes halogenated alkanes) is 1. The van der Waals surface area contributed by atoms with Gasteiger partial charge in [-0.1, -0.05) is 55.8 Å². The molecule has 2 aromatic rings. The zero-order valence-corrected chi connectivity index (χ0v) is 13.0. The van der Waals surface area contributed by atoms with Gasteiger partial charge in [-0.3, -0.25) is 0 Å². The molecular formula is C18H20O2S. The molecule has 0 spiro atoms. The number of carboxylic acids is 1. The zero-order chi connectivity index (χ0) is 15.1. The summed E-state index contributed by atoms with van der Waals surface area (Å²) in [5.41, 5.74) is 1.44. The Hall–Kier alpha value is -1.74. The van der Waals surface area contributed by atoms with Gasteiger partial charge in [0.25, 0.3) is 0 Å². The molecule has 0 saturated heterocycles. The van der Waals surface area contributed by atoms with Crippen LogP contribution in [0.4, 0.5) is 0 Å². The van der Waals surface area contributed by atoms with Gasteiger partial charge in [-0.25, -0.2) is 4.79 Å². The summed E-state index contributed by atoms with van der Waals surface area (Å²) in [6, 6.07) is 14.0. The van der Waals surface area contributed by atoms with Gasteiger partial charge in [0.2, 0.25) is 0 Å². The van der Waals surface area contributed by atoms with Crippen molar-refractivity contribution in [2.75, 3.05) is 11.5 Å². The lowest BCUT2D eigenvalue weighted by Crippen LogP contribution is -2.03. The second-order valence-corrected chi connectivity index (χ2v) is 6.05. The van der Waals surface area contributed by atoms with Gasteiger partial charge in [0.15, 0.2) is 0 Å². The Morgan fingerprint density at radius 1 is 1.19 bits per heavy atom. The maximum absolute atomic E-state index is 11.4. The summed E-state index contributed by atoms with van der Waals surface area (Å²) in [5, 5.41) is 11.6. The van der Waals surface area contributed by atoms with E-state index in [9.17, 15) is 9.90 Å². The summed E-state index contributed by atoms with van der Waals surface area (Å²) < 4.78 is 0. The van der Waals surface area contributed by atoms with Crippen LogP contribution in [0.3, 0.4) is 0 Å². The highest BCUT2D eigenvalue weighted by Gasteiger charge is 2.08. The first-order chi connectivity index (χ1) is 10.2. The van der Waals surface area contributed by atoms with Crippen molar-refractivity contribution in [1.82, 2.24) is 0 Å². The van der Waals surface area contributed by atoms with Crippen LogP contribution < -0.4 is 0 Å². The molecule has 0 heterocycles. The quantitative estimate of drug-likeness (QED) is 0.587. The fourth-order valence-corrected chi connectivity index (χ4v) is 3.22. The van der Waals surface area contributed by atoms with Crippen molar-refractivity contribution in [2.24, 2.45) is 0 Å². The molecule has 0 aromatic heterocycles. The van der Waals surface area contributed by atoms with Gasteiger partial charge in [-0.15, -0.1) is 0 Å². The Bertz CT molecular complexity index is 641. The van der Waals surface area contributed by atoms with E-state index in [2.05, 4.69) is 6.92 Å². The monoisotopic (exact) mass is 300 g/mol. The Kier molecular flexibility index (Phi) is 5.88. The molecule has 0 amide bonds. The van der Waals surface area contributed by atoms with Crippen molar-refractivity contribution in [3.63, 3.8) is 0 Å². The average Bonchev–Trinajstić information content (AvgIpc) is 2.50. The standard InChI is InChI=1S/C18H20O2S/c1-2-3-11-21-13-16(18(19)20)12-15-9-6-8-14-7-4-5-10-17(14)15/h4-10,12H,2-3,11,13H2,1H3,(H,19,20). The van der Waals surface area contributed by atoms with Crippen LogP contribution >= 0.6 is 11.8 Å². The molecule has 2 aromatic carbocycles. The first-order valence-corrected chi connectivity index (χ1v) is 8.37. The van der Waals surface area contributed by atoms with E-state index in [-0.39, 0.29) is 0 Å². The average molecular weight is 300 g/mol. The van der Waals surface area contributed by atoms with Gasteiger partial charge >= 0.3 is 5.97 Å². The highest BCUT2D eigenvalue weighted by Crippen LogP contribution is 2.22. The number of carboxylic acid groups (broad SMARTS) is 1. The predicted octanol–water partition coefficient (Wildman–Crippen LogP) is 4.84. The van der Waals surface area contributed by atoms with Crippen LogP contribution in [0.25, 0.3) is 16.8 Å². The van der Waals surface area contributed by atoms with Gasteiger partial charge < -0.3 is 5.11 Å². The summed E-state index contributed by atoms with van der Waals surface area (Å²) in [5.74, 6) is 0.738. The van der Waals surface area contributed by atoms with Crippen LogP contribution in [0.15, 0.2) is 48.0 Å². The van der Waals surface area contributed by atoms with Gasteiger partial charge in [-0.2, -0.15) is 11.8 Å². The van der Waals surface area contributed by atoms with E-state index in [1.165, 1.54) is 0 Å². The fourth-order valence-electron chi connectivity index (χ4n) is 2.16. The molecule has 0 bridgehead atoms. The molecule has 0 aliphatic rings. The minimum absolute atomic E-state index is 0.465. The molecule has 0 aliphatic heterocycles. The van der Waals surface area contributed by atoms with Gasteiger partial charge in [0.05, 0.1) is 0 Å². The van der Waals surface area contributed by atoms with E-state index < -0.39 is 5.97 Å². The maximum atomic E-state index is 11.4. The molecule has 0 radical (unpaired) electrons. The number of hydrogen-bond donors (Lipinski definition) is 1. The lowest BCUT2D eigenvalue weighted by atomic mass is 10.0. The normalized spacial score (nSPS) is 11.8. The molecule has 0 unspecified atom stereocenters. The van der Waals surface area contributed by atoms with Crippen LogP contribution in [-0.2, 0) is 4.79 Å². The van der Waals surface area contributed by atoms with E-state index in [0.717, 1.165) is 34.9 Å². The van der Waals surface area contributed by atoms with Gasteiger partial charge in [-0.05, 0) is 34.6 Å². The number of thioether (sulfide) groups is 1. The van der Waals surface area contributed by atoms with Gasteiger partial charge in [0.1, 0.15) is 0 Å². The van der Waals surface area contributed by atoms with Gasteiger partial charge in [0, 0.05) is 11.3 Å². The lowest BCUT2D eigenvalue weighted by molar-refractivity contribution is -0.132. The fraction of sp³-hybridized carbons (Fsp3) is 0.278. The van der Waals surface area contributed by atoms with Crippen LogP contribution in [0.5, 0.6) is 0 Å². The summed E-state index contributed by atoms with van der Waals surface area (Å²) in [7, 11) is 0. The van der Waals surface area contributed by atoms with Crippen molar-refractivity contribution in [3.05, 3.63) is 53.6 Å².